The van der Waals surface area contributed by atoms with Crippen molar-refractivity contribution < 1.29 is 14.7 Å². The van der Waals surface area contributed by atoms with Crippen molar-refractivity contribution in [1.82, 2.24) is 19.8 Å². The Kier molecular flexibility index (Phi) is 6.55. The van der Waals surface area contributed by atoms with E-state index in [-0.39, 0.29) is 29.8 Å². The van der Waals surface area contributed by atoms with Crippen LogP contribution in [0.25, 0.3) is 10.6 Å². The number of thiazole rings is 1. The first-order valence-corrected chi connectivity index (χ1v) is 12.5. The molecule has 0 radical (unpaired) electrons. The second kappa shape index (κ2) is 9.30. The fourth-order valence-electron chi connectivity index (χ4n) is 4.33. The van der Waals surface area contributed by atoms with Crippen LogP contribution in [0, 0.1) is 6.92 Å². The predicted octanol–water partition coefficient (Wildman–Crippen LogP) is 3.29. The summed E-state index contributed by atoms with van der Waals surface area (Å²) in [5, 5.41) is 14.2. The number of nitrogens with zero attached hydrogens (tertiary/aromatic N) is 3. The highest BCUT2D eigenvalue weighted by atomic mass is 32.1. The molecule has 1 aliphatic heterocycles. The van der Waals surface area contributed by atoms with Gasteiger partial charge in [-0.15, -0.1) is 11.3 Å². The molecule has 1 atom stereocenters. The third kappa shape index (κ3) is 4.36. The summed E-state index contributed by atoms with van der Waals surface area (Å²) in [6.45, 7) is 9.75. The maximum absolute atomic E-state index is 13.2. The van der Waals surface area contributed by atoms with E-state index < -0.39 is 22.6 Å². The van der Waals surface area contributed by atoms with Crippen molar-refractivity contribution in [3.8, 4) is 16.3 Å². The number of hydrogen-bond acceptors (Lipinski definition) is 6. The lowest BCUT2D eigenvalue weighted by Crippen LogP contribution is -2.61. The molecule has 0 bridgehead atoms. The van der Waals surface area contributed by atoms with Crippen LogP contribution >= 0.6 is 11.3 Å². The summed E-state index contributed by atoms with van der Waals surface area (Å²) in [5.74, 6) is -1.45. The highest BCUT2D eigenvalue weighted by molar-refractivity contribution is 7.15. The highest BCUT2D eigenvalue weighted by Crippen LogP contribution is 2.35. The number of carbonyl (C=O) groups is 2. The number of carbonyl (C=O) groups excluding carboxylic acids is 2. The Hall–Kier alpha value is -3.46. The fourth-order valence-corrected chi connectivity index (χ4v) is 5.29. The summed E-state index contributed by atoms with van der Waals surface area (Å²) in [6.07, 6.45) is 3.88. The van der Waals surface area contributed by atoms with Crippen molar-refractivity contribution in [2.24, 2.45) is 0 Å². The average molecular weight is 495 g/mol. The third-order valence-electron chi connectivity index (χ3n) is 6.39. The van der Waals surface area contributed by atoms with E-state index in [1.165, 1.54) is 32.6 Å². The molecule has 0 fully saturated rings. The molecule has 2 aromatic heterocycles. The molecule has 1 aliphatic rings. The zero-order chi connectivity index (χ0) is 25.5. The number of likely N-dealkylation sites (N-methyl/N-ethyl adjacent to an activating group) is 1. The number of aromatic hydroxyl groups is 1. The number of nitrogens with one attached hydrogen (secondary N) is 1. The van der Waals surface area contributed by atoms with Gasteiger partial charge >= 0.3 is 0 Å². The first-order chi connectivity index (χ1) is 16.6. The van der Waals surface area contributed by atoms with E-state index in [1.54, 1.807) is 13.1 Å². The Morgan fingerprint density at radius 1 is 1.26 bits per heavy atom. The van der Waals surface area contributed by atoms with Gasteiger partial charge in [0.2, 0.25) is 11.3 Å². The van der Waals surface area contributed by atoms with E-state index in [9.17, 15) is 19.5 Å². The third-order valence-corrected chi connectivity index (χ3v) is 7.42. The van der Waals surface area contributed by atoms with Crippen LogP contribution in [0.1, 0.15) is 54.2 Å². The summed E-state index contributed by atoms with van der Waals surface area (Å²) in [7, 11) is 0. The van der Waals surface area contributed by atoms with Crippen LogP contribution in [-0.4, -0.2) is 50.5 Å². The molecule has 0 saturated carbocycles. The minimum atomic E-state index is -1.22. The average Bonchev–Trinajstić information content (AvgIpc) is 3.27. The van der Waals surface area contributed by atoms with E-state index in [0.29, 0.717) is 18.0 Å². The van der Waals surface area contributed by atoms with Crippen LogP contribution in [-0.2, 0) is 16.8 Å². The molecule has 184 valence electrons. The van der Waals surface area contributed by atoms with E-state index in [0.717, 1.165) is 10.4 Å². The first-order valence-electron chi connectivity index (χ1n) is 11.7. The van der Waals surface area contributed by atoms with Gasteiger partial charge in [-0.2, -0.15) is 0 Å². The summed E-state index contributed by atoms with van der Waals surface area (Å²) in [6, 6.07) is 7.98. The van der Waals surface area contributed by atoms with Gasteiger partial charge in [0.05, 0.1) is 12.1 Å². The Labute approximate surface area is 208 Å². The van der Waals surface area contributed by atoms with Gasteiger partial charge in [0.1, 0.15) is 10.5 Å². The molecule has 2 N–H and O–H groups in total. The molecule has 1 unspecified atom stereocenters. The van der Waals surface area contributed by atoms with Crippen molar-refractivity contribution in [3.05, 3.63) is 68.6 Å². The topological polar surface area (TPSA) is 105 Å². The molecule has 0 aliphatic carbocycles. The monoisotopic (exact) mass is 494 g/mol. The van der Waals surface area contributed by atoms with Crippen LogP contribution in [0.3, 0.4) is 0 Å². The molecule has 4 rings (SSSR count). The standard InChI is InChI=1S/C26H30N4O4S/c1-6-27-25(34)26(5)14-29(15(2)3)24(33)20-22(32)21(31)19(13-30(20)26)23-28-12-18(35-23)11-17-9-7-16(4)8-10-17/h7-10,12-13,15,32H,6,11,14H2,1-5H3,(H,27,34). The van der Waals surface area contributed by atoms with Crippen molar-refractivity contribution in [2.45, 2.75) is 52.6 Å². The Balaban J connectivity index is 1.82. The van der Waals surface area contributed by atoms with Crippen LogP contribution in [0.2, 0.25) is 0 Å². The number of hydrogen-bond donors (Lipinski definition) is 2. The predicted molar refractivity (Wildman–Crippen MR) is 136 cm³/mol. The summed E-state index contributed by atoms with van der Waals surface area (Å²) in [5.41, 5.74) is 0.392. The number of aromatic nitrogens is 2. The maximum Gasteiger partial charge on any atom is 0.274 e. The number of aryl methyl sites for hydroxylation is 1. The second-order valence-electron chi connectivity index (χ2n) is 9.39. The van der Waals surface area contributed by atoms with Gasteiger partial charge in [-0.25, -0.2) is 4.98 Å². The minimum absolute atomic E-state index is 0.112. The number of benzene rings is 1. The van der Waals surface area contributed by atoms with Crippen LogP contribution in [0.15, 0.2) is 41.5 Å². The zero-order valence-electron chi connectivity index (χ0n) is 20.6. The number of rotatable bonds is 6. The molecule has 0 spiro atoms. The largest absolute Gasteiger partial charge is 0.503 e. The molecule has 35 heavy (non-hydrogen) atoms. The molecule has 0 saturated heterocycles. The fraction of sp³-hybridized carbons (Fsp3) is 0.385. The van der Waals surface area contributed by atoms with Crippen LogP contribution in [0.5, 0.6) is 5.75 Å². The maximum atomic E-state index is 13.2. The Morgan fingerprint density at radius 3 is 2.57 bits per heavy atom. The van der Waals surface area contributed by atoms with Gasteiger partial charge in [-0.1, -0.05) is 29.8 Å². The van der Waals surface area contributed by atoms with Crippen molar-refractivity contribution in [2.75, 3.05) is 13.1 Å². The van der Waals surface area contributed by atoms with Crippen LogP contribution in [0.4, 0.5) is 0 Å². The molecular weight excluding hydrogens is 464 g/mol. The van der Waals surface area contributed by atoms with E-state index in [2.05, 4.69) is 22.4 Å². The van der Waals surface area contributed by atoms with Gasteiger partial charge in [0, 0.05) is 36.3 Å². The Morgan fingerprint density at radius 2 is 1.94 bits per heavy atom. The van der Waals surface area contributed by atoms with Gasteiger partial charge < -0.3 is 19.9 Å². The molecule has 2 amide bonds. The first kappa shape index (κ1) is 24.7. The molecule has 9 heteroatoms. The van der Waals surface area contributed by atoms with Gasteiger partial charge in [-0.3, -0.25) is 14.4 Å². The van der Waals surface area contributed by atoms with E-state index in [4.69, 9.17) is 0 Å². The lowest BCUT2D eigenvalue weighted by atomic mass is 9.93. The van der Waals surface area contributed by atoms with E-state index >= 15 is 0 Å². The summed E-state index contributed by atoms with van der Waals surface area (Å²) in [4.78, 5) is 46.5. The quantitative estimate of drug-likeness (QED) is 0.547. The number of amides is 2. The molecule has 1 aromatic carbocycles. The lowest BCUT2D eigenvalue weighted by Gasteiger charge is -2.44. The van der Waals surface area contributed by atoms with Crippen molar-refractivity contribution in [3.63, 3.8) is 0 Å². The van der Waals surface area contributed by atoms with Gasteiger partial charge in [-0.05, 0) is 40.2 Å². The smallest absolute Gasteiger partial charge is 0.274 e. The zero-order valence-corrected chi connectivity index (χ0v) is 21.4. The molecular formula is C26H30N4O4S. The van der Waals surface area contributed by atoms with Gasteiger partial charge in [0.25, 0.3) is 5.91 Å². The number of fused-ring (bicyclic) bond motifs is 1. The summed E-state index contributed by atoms with van der Waals surface area (Å²) >= 11 is 1.35. The SMILES string of the molecule is CCNC(=O)C1(C)CN(C(C)C)C(=O)c2c(O)c(=O)c(-c3ncc(Cc4ccc(C)cc4)s3)cn21. The van der Waals surface area contributed by atoms with Crippen molar-refractivity contribution >= 4 is 23.2 Å². The number of pyridine rings is 1. The second-order valence-corrected chi connectivity index (χ2v) is 10.5. The summed E-state index contributed by atoms with van der Waals surface area (Å²) < 4.78 is 1.45. The Bertz CT molecular complexity index is 1340. The normalized spacial score (nSPS) is 17.5. The minimum Gasteiger partial charge on any atom is -0.503 e. The lowest BCUT2D eigenvalue weighted by molar-refractivity contribution is -0.130. The van der Waals surface area contributed by atoms with Crippen molar-refractivity contribution in [1.29, 1.82) is 0 Å². The van der Waals surface area contributed by atoms with E-state index in [1.807, 2.05) is 39.8 Å². The van der Waals surface area contributed by atoms with Gasteiger partial charge in [0.15, 0.2) is 11.4 Å². The highest BCUT2D eigenvalue weighted by Gasteiger charge is 2.47. The van der Waals surface area contributed by atoms with Crippen LogP contribution < -0.4 is 10.7 Å². The molecule has 3 aromatic rings. The molecule has 8 nitrogen and oxygen atoms in total. The molecule has 3 heterocycles.